The van der Waals surface area contributed by atoms with Crippen LogP contribution in [0, 0.1) is 0 Å². The van der Waals surface area contributed by atoms with Crippen LogP contribution in [0.2, 0.25) is 10.0 Å². The van der Waals surface area contributed by atoms with Gasteiger partial charge >= 0.3 is 0 Å². The molecule has 1 heterocycles. The van der Waals surface area contributed by atoms with Gasteiger partial charge in [-0.05, 0) is 36.8 Å². The average molecular weight is 380 g/mol. The fraction of sp³-hybridized carbons (Fsp3) is 0.278. The smallest absolute Gasteiger partial charge is 0.274 e. The second-order valence-electron chi connectivity index (χ2n) is 5.59. The first kappa shape index (κ1) is 19.2. The number of amides is 2. The number of benzene rings is 1. The molecule has 2 aromatic rings. The Hall–Kier alpha value is -2.11. The minimum Gasteiger partial charge on any atom is -0.342 e. The molecule has 0 bridgehead atoms. The van der Waals surface area contributed by atoms with E-state index >= 15 is 0 Å². The quantitative estimate of drug-likeness (QED) is 0.802. The van der Waals surface area contributed by atoms with Crippen molar-refractivity contribution >= 4 is 40.7 Å². The molecule has 7 heteroatoms. The van der Waals surface area contributed by atoms with Gasteiger partial charge < -0.3 is 10.2 Å². The van der Waals surface area contributed by atoms with Gasteiger partial charge in [-0.15, -0.1) is 0 Å². The third-order valence-electron chi connectivity index (χ3n) is 3.61. The third kappa shape index (κ3) is 5.18. The summed E-state index contributed by atoms with van der Waals surface area (Å²) in [4.78, 5) is 30.5. The second kappa shape index (κ2) is 8.83. The highest BCUT2D eigenvalue weighted by Gasteiger charge is 2.15. The van der Waals surface area contributed by atoms with E-state index in [1.54, 1.807) is 30.1 Å². The van der Waals surface area contributed by atoms with E-state index in [1.807, 2.05) is 0 Å². The fourth-order valence-electron chi connectivity index (χ4n) is 2.18. The van der Waals surface area contributed by atoms with Crippen LogP contribution in [0.4, 0.5) is 5.69 Å². The minimum absolute atomic E-state index is 0.140. The molecule has 132 valence electrons. The van der Waals surface area contributed by atoms with Crippen LogP contribution < -0.4 is 5.32 Å². The lowest BCUT2D eigenvalue weighted by molar-refractivity contribution is 0.0793. The number of hydrogen-bond donors (Lipinski definition) is 1. The van der Waals surface area contributed by atoms with Crippen molar-refractivity contribution < 1.29 is 9.59 Å². The molecule has 0 fully saturated rings. The number of pyridine rings is 1. The van der Waals surface area contributed by atoms with Crippen LogP contribution in [0.1, 0.15) is 40.6 Å². The molecule has 0 spiro atoms. The number of aromatic nitrogens is 1. The van der Waals surface area contributed by atoms with E-state index in [0.717, 1.165) is 12.8 Å². The first-order valence-corrected chi connectivity index (χ1v) is 8.66. The van der Waals surface area contributed by atoms with Crippen molar-refractivity contribution in [1.29, 1.82) is 0 Å². The number of rotatable bonds is 6. The van der Waals surface area contributed by atoms with Crippen molar-refractivity contribution in [3.8, 4) is 0 Å². The van der Waals surface area contributed by atoms with E-state index in [4.69, 9.17) is 23.2 Å². The Labute approximate surface area is 157 Å². The van der Waals surface area contributed by atoms with Crippen molar-refractivity contribution in [3.63, 3.8) is 0 Å². The summed E-state index contributed by atoms with van der Waals surface area (Å²) in [5.41, 5.74) is 0.983. The molecule has 0 atom stereocenters. The third-order valence-corrected chi connectivity index (χ3v) is 4.16. The van der Waals surface area contributed by atoms with Crippen LogP contribution in [-0.2, 0) is 0 Å². The van der Waals surface area contributed by atoms with Crippen LogP contribution in [0.15, 0.2) is 36.5 Å². The molecule has 2 rings (SSSR count). The predicted molar refractivity (Wildman–Crippen MR) is 101 cm³/mol. The molecule has 1 aromatic heterocycles. The SMILES string of the molecule is CCCCN(C)C(=O)c1ccnc(C(=O)Nc2ccc(Cl)cc2Cl)c1. The molecular weight excluding hydrogens is 361 g/mol. The molecule has 5 nitrogen and oxygen atoms in total. The molecule has 1 aromatic carbocycles. The Morgan fingerprint density at radius 2 is 1.96 bits per heavy atom. The Balaban J connectivity index is 2.14. The van der Waals surface area contributed by atoms with Crippen LogP contribution in [0.5, 0.6) is 0 Å². The zero-order valence-corrected chi connectivity index (χ0v) is 15.6. The largest absolute Gasteiger partial charge is 0.342 e. The maximum absolute atomic E-state index is 12.4. The van der Waals surface area contributed by atoms with Gasteiger partial charge in [-0.1, -0.05) is 36.5 Å². The van der Waals surface area contributed by atoms with Crippen molar-refractivity contribution in [3.05, 3.63) is 57.8 Å². The van der Waals surface area contributed by atoms with Gasteiger partial charge in [0.1, 0.15) is 5.69 Å². The number of nitrogens with zero attached hydrogens (tertiary/aromatic N) is 2. The van der Waals surface area contributed by atoms with E-state index in [0.29, 0.717) is 27.8 Å². The number of unbranched alkanes of at least 4 members (excludes halogenated alkanes) is 1. The van der Waals surface area contributed by atoms with Gasteiger partial charge in [-0.3, -0.25) is 14.6 Å². The molecule has 2 amide bonds. The lowest BCUT2D eigenvalue weighted by Gasteiger charge is -2.17. The zero-order chi connectivity index (χ0) is 18.4. The van der Waals surface area contributed by atoms with E-state index in [9.17, 15) is 9.59 Å². The number of carbonyl (C=O) groups excluding carboxylic acids is 2. The molecule has 0 unspecified atom stereocenters. The Morgan fingerprint density at radius 1 is 1.20 bits per heavy atom. The maximum Gasteiger partial charge on any atom is 0.274 e. The lowest BCUT2D eigenvalue weighted by Crippen LogP contribution is -2.28. The van der Waals surface area contributed by atoms with E-state index in [1.165, 1.54) is 18.3 Å². The number of anilines is 1. The predicted octanol–water partition coefficient (Wildman–Crippen LogP) is 4.51. The topological polar surface area (TPSA) is 62.3 Å². The van der Waals surface area contributed by atoms with Gasteiger partial charge in [0.25, 0.3) is 11.8 Å². The number of nitrogens with one attached hydrogen (secondary N) is 1. The second-order valence-corrected chi connectivity index (χ2v) is 6.43. The lowest BCUT2D eigenvalue weighted by atomic mass is 10.2. The monoisotopic (exact) mass is 379 g/mol. The Morgan fingerprint density at radius 3 is 2.64 bits per heavy atom. The molecule has 25 heavy (non-hydrogen) atoms. The zero-order valence-electron chi connectivity index (χ0n) is 14.1. The number of halogens is 2. The van der Waals surface area contributed by atoms with Gasteiger partial charge in [0, 0.05) is 30.4 Å². The molecular formula is C18H19Cl2N3O2. The van der Waals surface area contributed by atoms with Crippen molar-refractivity contribution in [2.45, 2.75) is 19.8 Å². The standard InChI is InChI=1S/C18H19Cl2N3O2/c1-3-4-9-23(2)18(25)12-7-8-21-16(10-12)17(24)22-15-6-5-13(19)11-14(15)20/h5-8,10-11H,3-4,9H2,1-2H3,(H,22,24). The summed E-state index contributed by atoms with van der Waals surface area (Å²) in [5, 5.41) is 3.47. The van der Waals surface area contributed by atoms with Gasteiger partial charge in [-0.25, -0.2) is 0 Å². The summed E-state index contributed by atoms with van der Waals surface area (Å²) in [7, 11) is 1.74. The van der Waals surface area contributed by atoms with E-state index in [2.05, 4.69) is 17.2 Å². The van der Waals surface area contributed by atoms with Crippen LogP contribution in [-0.4, -0.2) is 35.3 Å². The molecule has 0 saturated carbocycles. The summed E-state index contributed by atoms with van der Waals surface area (Å²) in [6.07, 6.45) is 3.37. The highest BCUT2D eigenvalue weighted by atomic mass is 35.5. The molecule has 0 radical (unpaired) electrons. The van der Waals surface area contributed by atoms with Crippen LogP contribution in [0.3, 0.4) is 0 Å². The van der Waals surface area contributed by atoms with Crippen molar-refractivity contribution in [2.24, 2.45) is 0 Å². The average Bonchev–Trinajstić information content (AvgIpc) is 2.61. The summed E-state index contributed by atoms with van der Waals surface area (Å²) in [6, 6.07) is 7.84. The highest BCUT2D eigenvalue weighted by Crippen LogP contribution is 2.25. The normalized spacial score (nSPS) is 10.4. The molecule has 0 aliphatic rings. The molecule has 0 aliphatic carbocycles. The minimum atomic E-state index is -0.449. The van der Waals surface area contributed by atoms with E-state index in [-0.39, 0.29) is 11.6 Å². The van der Waals surface area contributed by atoms with Gasteiger partial charge in [0.2, 0.25) is 0 Å². The highest BCUT2D eigenvalue weighted by molar-refractivity contribution is 6.36. The Bertz CT molecular complexity index is 781. The molecule has 1 N–H and O–H groups in total. The fourth-order valence-corrected chi connectivity index (χ4v) is 2.64. The maximum atomic E-state index is 12.4. The van der Waals surface area contributed by atoms with Gasteiger partial charge in [0.05, 0.1) is 10.7 Å². The summed E-state index contributed by atoms with van der Waals surface area (Å²) in [6.45, 7) is 2.73. The van der Waals surface area contributed by atoms with Crippen LogP contribution >= 0.6 is 23.2 Å². The first-order valence-electron chi connectivity index (χ1n) is 7.90. The molecule has 0 saturated heterocycles. The van der Waals surface area contributed by atoms with Crippen molar-refractivity contribution in [2.75, 3.05) is 18.9 Å². The number of carbonyl (C=O) groups is 2. The summed E-state index contributed by atoms with van der Waals surface area (Å²) >= 11 is 11.9. The first-order chi connectivity index (χ1) is 11.9. The van der Waals surface area contributed by atoms with E-state index < -0.39 is 5.91 Å². The van der Waals surface area contributed by atoms with Crippen LogP contribution in [0.25, 0.3) is 0 Å². The summed E-state index contributed by atoms with van der Waals surface area (Å²) < 4.78 is 0. The Kier molecular flexibility index (Phi) is 6.79. The number of hydrogen-bond acceptors (Lipinski definition) is 3. The molecule has 0 aliphatic heterocycles. The van der Waals surface area contributed by atoms with Crippen molar-refractivity contribution in [1.82, 2.24) is 9.88 Å². The van der Waals surface area contributed by atoms with Gasteiger partial charge in [0.15, 0.2) is 0 Å². The van der Waals surface area contributed by atoms with Gasteiger partial charge in [-0.2, -0.15) is 0 Å². The summed E-state index contributed by atoms with van der Waals surface area (Å²) in [5.74, 6) is -0.593.